The summed E-state index contributed by atoms with van der Waals surface area (Å²) in [6.45, 7) is 3.27. The van der Waals surface area contributed by atoms with E-state index < -0.39 is 7.32 Å². The third-order valence-electron chi connectivity index (χ3n) is 2.96. The minimum atomic E-state index is -1.80. The van der Waals surface area contributed by atoms with Gasteiger partial charge in [-0.3, -0.25) is 0 Å². The van der Waals surface area contributed by atoms with Crippen molar-refractivity contribution in [1.29, 1.82) is 0 Å². The highest BCUT2D eigenvalue weighted by Gasteiger charge is 2.12. The lowest BCUT2D eigenvalue weighted by Gasteiger charge is -2.23. The molecule has 0 fully saturated rings. The largest absolute Gasteiger partial charge is 0.808 e. The van der Waals surface area contributed by atoms with Gasteiger partial charge in [-0.05, 0) is 38.1 Å². The molecule has 7 heteroatoms. The van der Waals surface area contributed by atoms with Crippen LogP contribution < -0.4 is 20.5 Å². The third-order valence-corrected chi connectivity index (χ3v) is 2.96. The van der Waals surface area contributed by atoms with Crippen molar-refractivity contribution < 1.29 is 24.5 Å². The molecule has 0 aliphatic carbocycles. The molecule has 21 heavy (non-hydrogen) atoms. The summed E-state index contributed by atoms with van der Waals surface area (Å²) in [5.74, 6) is 0.595. The first-order valence-electron chi connectivity index (χ1n) is 6.05. The van der Waals surface area contributed by atoms with Gasteiger partial charge in [-0.15, -0.1) is 0 Å². The van der Waals surface area contributed by atoms with E-state index in [1.807, 2.05) is 0 Å². The van der Waals surface area contributed by atoms with E-state index >= 15 is 0 Å². The molecule has 0 saturated heterocycles. The SMILES string of the molecule is Cc1c(O)cccc1OB([O-])Oc1cccc(O)c1C.[NH4+]. The summed E-state index contributed by atoms with van der Waals surface area (Å²) < 4.78 is 10.2. The molecule has 6 N–H and O–H groups in total. The van der Waals surface area contributed by atoms with Crippen molar-refractivity contribution in [2.75, 3.05) is 0 Å². The monoisotopic (exact) mass is 291 g/mol. The van der Waals surface area contributed by atoms with Crippen LogP contribution in [-0.2, 0) is 0 Å². The van der Waals surface area contributed by atoms with Crippen LogP contribution in [0.2, 0.25) is 0 Å². The highest BCUT2D eigenvalue weighted by Crippen LogP contribution is 2.28. The first-order valence-corrected chi connectivity index (χ1v) is 6.05. The molecule has 2 aromatic carbocycles. The second kappa shape index (κ2) is 6.87. The molecule has 0 unspecified atom stereocenters. The van der Waals surface area contributed by atoms with Crippen molar-refractivity contribution >= 4 is 7.32 Å². The highest BCUT2D eigenvalue weighted by atomic mass is 16.7. The Labute approximate surface area is 123 Å². The van der Waals surface area contributed by atoms with Gasteiger partial charge in [-0.2, -0.15) is 0 Å². The van der Waals surface area contributed by atoms with E-state index in [0.29, 0.717) is 11.1 Å². The van der Waals surface area contributed by atoms with Crippen LogP contribution in [0.4, 0.5) is 0 Å². The van der Waals surface area contributed by atoms with Crippen LogP contribution in [0.5, 0.6) is 23.0 Å². The average molecular weight is 291 g/mol. The van der Waals surface area contributed by atoms with Crippen molar-refractivity contribution in [3.05, 3.63) is 47.5 Å². The molecule has 0 aliphatic heterocycles. The number of hydrogen-bond acceptors (Lipinski definition) is 5. The molecule has 112 valence electrons. The van der Waals surface area contributed by atoms with E-state index in [1.54, 1.807) is 38.1 Å². The van der Waals surface area contributed by atoms with Gasteiger partial charge in [0.15, 0.2) is 0 Å². The van der Waals surface area contributed by atoms with Crippen molar-refractivity contribution in [3.63, 3.8) is 0 Å². The minimum Gasteiger partial charge on any atom is -0.808 e. The van der Waals surface area contributed by atoms with E-state index in [-0.39, 0.29) is 29.1 Å². The van der Waals surface area contributed by atoms with Gasteiger partial charge in [0.2, 0.25) is 0 Å². The van der Waals surface area contributed by atoms with Gasteiger partial charge in [0.25, 0.3) is 0 Å². The smallest absolute Gasteiger partial charge is 0.492 e. The second-order valence-corrected chi connectivity index (χ2v) is 4.32. The number of phenolic OH excluding ortho intramolecular Hbond substituents is 2. The summed E-state index contributed by atoms with van der Waals surface area (Å²) in [6.07, 6.45) is 0. The van der Waals surface area contributed by atoms with Crippen LogP contribution in [0.3, 0.4) is 0 Å². The molecule has 0 spiro atoms. The zero-order chi connectivity index (χ0) is 14.7. The van der Waals surface area contributed by atoms with Crippen molar-refractivity contribution in [1.82, 2.24) is 6.15 Å². The van der Waals surface area contributed by atoms with E-state index in [9.17, 15) is 15.2 Å². The molecule has 0 heterocycles. The Balaban J connectivity index is 0.00000220. The normalized spacial score (nSPS) is 9.67. The number of rotatable bonds is 4. The van der Waals surface area contributed by atoms with Crippen LogP contribution in [0.25, 0.3) is 0 Å². The van der Waals surface area contributed by atoms with E-state index in [0.717, 1.165) is 0 Å². The maximum atomic E-state index is 11.8. The van der Waals surface area contributed by atoms with Gasteiger partial charge in [0.1, 0.15) is 23.0 Å². The number of phenols is 2. The Morgan fingerprint density at radius 1 is 0.857 bits per heavy atom. The van der Waals surface area contributed by atoms with Crippen LogP contribution >= 0.6 is 0 Å². The minimum absolute atomic E-state index is 0. The summed E-state index contributed by atoms with van der Waals surface area (Å²) >= 11 is 0. The molecule has 2 aromatic rings. The number of quaternary nitrogens is 1. The quantitative estimate of drug-likeness (QED) is 0.743. The lowest BCUT2D eigenvalue weighted by Crippen LogP contribution is -2.44. The van der Waals surface area contributed by atoms with E-state index in [4.69, 9.17) is 9.31 Å². The van der Waals surface area contributed by atoms with Crippen LogP contribution in [0, 0.1) is 13.8 Å². The van der Waals surface area contributed by atoms with Gasteiger partial charge in [-0.1, -0.05) is 12.1 Å². The van der Waals surface area contributed by atoms with E-state index in [2.05, 4.69) is 0 Å². The van der Waals surface area contributed by atoms with Crippen LogP contribution in [0.1, 0.15) is 11.1 Å². The molecule has 0 saturated carbocycles. The Morgan fingerprint density at radius 2 is 1.24 bits per heavy atom. The van der Waals surface area contributed by atoms with Crippen molar-refractivity contribution in [2.24, 2.45) is 0 Å². The first-order chi connectivity index (χ1) is 9.49. The van der Waals surface area contributed by atoms with Gasteiger partial charge in [0, 0.05) is 11.1 Å². The molecule has 6 nitrogen and oxygen atoms in total. The lowest BCUT2D eigenvalue weighted by atomic mass is 10.1. The number of benzene rings is 2. The fourth-order valence-electron chi connectivity index (χ4n) is 1.69. The fraction of sp³-hybridized carbons (Fsp3) is 0.143. The standard InChI is InChI=1S/C14H14BO5.H3N/c1-9-11(16)5-3-7-13(9)19-15(18)20-14-8-4-6-12(17)10(14)2;/h3-8,16-17H,1-2H3;1H3/q-1;/p+1. The maximum Gasteiger partial charge on any atom is 0.492 e. The van der Waals surface area contributed by atoms with Crippen LogP contribution in [0.15, 0.2) is 36.4 Å². The molecule has 0 amide bonds. The maximum absolute atomic E-state index is 11.8. The van der Waals surface area contributed by atoms with Gasteiger partial charge in [-0.25, -0.2) is 0 Å². The third kappa shape index (κ3) is 3.81. The topological polar surface area (TPSA) is 118 Å². The Kier molecular flexibility index (Phi) is 5.46. The molecule has 0 aromatic heterocycles. The highest BCUT2D eigenvalue weighted by molar-refractivity contribution is 6.34. The van der Waals surface area contributed by atoms with Gasteiger partial charge in [0.05, 0.1) is 0 Å². The molecule has 0 radical (unpaired) electrons. The van der Waals surface area contributed by atoms with E-state index in [1.165, 1.54) is 12.1 Å². The number of hydrogen-bond donors (Lipinski definition) is 3. The lowest BCUT2D eigenvalue weighted by molar-refractivity contribution is -0.235. The van der Waals surface area contributed by atoms with Crippen LogP contribution in [-0.4, -0.2) is 17.5 Å². The fourth-order valence-corrected chi connectivity index (χ4v) is 1.69. The molecular formula is C14H18BNO5. The molecular weight excluding hydrogens is 273 g/mol. The number of aromatic hydroxyl groups is 2. The second-order valence-electron chi connectivity index (χ2n) is 4.32. The summed E-state index contributed by atoms with van der Waals surface area (Å²) in [5, 5.41) is 30.8. The predicted octanol–water partition coefficient (Wildman–Crippen LogP) is 1.89. The van der Waals surface area contributed by atoms with Crippen molar-refractivity contribution in [3.8, 4) is 23.0 Å². The van der Waals surface area contributed by atoms with Gasteiger partial charge < -0.3 is 30.7 Å². The summed E-state index contributed by atoms with van der Waals surface area (Å²) in [6, 6.07) is 9.29. The summed E-state index contributed by atoms with van der Waals surface area (Å²) in [4.78, 5) is 0. The molecule has 0 atom stereocenters. The summed E-state index contributed by atoms with van der Waals surface area (Å²) in [7, 11) is -1.80. The first kappa shape index (κ1) is 16.7. The predicted molar refractivity (Wildman–Crippen MR) is 78.7 cm³/mol. The average Bonchev–Trinajstić information content (AvgIpc) is 2.40. The Bertz CT molecular complexity index is 567. The zero-order valence-corrected chi connectivity index (χ0v) is 12.2. The molecule has 0 bridgehead atoms. The Hall–Kier alpha value is -2.38. The molecule has 0 aliphatic rings. The molecule has 2 rings (SSSR count). The van der Waals surface area contributed by atoms with Gasteiger partial charge >= 0.3 is 7.32 Å². The zero-order valence-electron chi connectivity index (χ0n) is 12.2. The van der Waals surface area contributed by atoms with Crippen molar-refractivity contribution in [2.45, 2.75) is 13.8 Å². The summed E-state index contributed by atoms with van der Waals surface area (Å²) in [5.41, 5.74) is 0.925. The Morgan fingerprint density at radius 3 is 1.62 bits per heavy atom.